The minimum Gasteiger partial charge on any atom is -0.373 e. The summed E-state index contributed by atoms with van der Waals surface area (Å²) in [4.78, 5) is 9.78. The van der Waals surface area contributed by atoms with E-state index in [1.807, 2.05) is 13.1 Å². The first-order valence-corrected chi connectivity index (χ1v) is 5.80. The van der Waals surface area contributed by atoms with E-state index in [4.69, 9.17) is 0 Å². The van der Waals surface area contributed by atoms with Crippen LogP contribution >= 0.6 is 11.3 Å². The molecule has 2 aromatic heterocycles. The van der Waals surface area contributed by atoms with E-state index in [0.29, 0.717) is 0 Å². The molecule has 0 amide bonds. The number of hydrogen-bond acceptors (Lipinski definition) is 4. The zero-order valence-corrected chi connectivity index (χ0v) is 9.64. The summed E-state index contributed by atoms with van der Waals surface area (Å²) in [5.74, 6) is 0.927. The Kier molecular flexibility index (Phi) is 2.97. The van der Waals surface area contributed by atoms with E-state index < -0.39 is 0 Å². The van der Waals surface area contributed by atoms with Gasteiger partial charge in [-0.3, -0.25) is 0 Å². The molecule has 0 bridgehead atoms. The van der Waals surface area contributed by atoms with Gasteiger partial charge < -0.3 is 5.32 Å². The van der Waals surface area contributed by atoms with E-state index in [0.717, 1.165) is 17.9 Å². The van der Waals surface area contributed by atoms with Gasteiger partial charge >= 0.3 is 0 Å². The van der Waals surface area contributed by atoms with E-state index in [9.17, 15) is 0 Å². The molecule has 0 aliphatic rings. The molecular formula is C11H13N3S. The van der Waals surface area contributed by atoms with Crippen molar-refractivity contribution in [1.82, 2.24) is 9.97 Å². The summed E-state index contributed by atoms with van der Waals surface area (Å²) in [6.45, 7) is 2.12. The predicted octanol–water partition coefficient (Wildman–Crippen LogP) is 2.81. The molecule has 0 aliphatic heterocycles. The standard InChI is InChI=1S/C11H13N3S/c1-3-8-10(9-5-4-6-15-9)13-7-14-11(8)12-2/h4-7H,3H2,1-2H3,(H,12,13,14). The van der Waals surface area contributed by atoms with Gasteiger partial charge in [0.15, 0.2) is 0 Å². The van der Waals surface area contributed by atoms with Crippen molar-refractivity contribution in [2.45, 2.75) is 13.3 Å². The van der Waals surface area contributed by atoms with Gasteiger partial charge in [-0.1, -0.05) is 13.0 Å². The number of hydrogen-bond donors (Lipinski definition) is 1. The Morgan fingerprint density at radius 2 is 2.27 bits per heavy atom. The second kappa shape index (κ2) is 4.40. The summed E-state index contributed by atoms with van der Waals surface area (Å²) < 4.78 is 0. The van der Waals surface area contributed by atoms with Crippen LogP contribution in [0.15, 0.2) is 23.8 Å². The Bertz CT molecular complexity index is 437. The van der Waals surface area contributed by atoms with Crippen LogP contribution in [0, 0.1) is 0 Å². The Balaban J connectivity index is 2.56. The lowest BCUT2D eigenvalue weighted by Gasteiger charge is -2.09. The van der Waals surface area contributed by atoms with Crippen LogP contribution in [0.4, 0.5) is 5.82 Å². The van der Waals surface area contributed by atoms with Gasteiger partial charge in [-0.15, -0.1) is 11.3 Å². The average Bonchev–Trinajstić information content (AvgIpc) is 2.81. The highest BCUT2D eigenvalue weighted by atomic mass is 32.1. The summed E-state index contributed by atoms with van der Waals surface area (Å²) in [5, 5.41) is 5.17. The molecule has 2 rings (SSSR count). The summed E-state index contributed by atoms with van der Waals surface area (Å²) in [7, 11) is 1.89. The average molecular weight is 219 g/mol. The molecule has 0 aromatic carbocycles. The molecular weight excluding hydrogens is 206 g/mol. The highest BCUT2D eigenvalue weighted by Crippen LogP contribution is 2.29. The maximum absolute atomic E-state index is 4.36. The lowest BCUT2D eigenvalue weighted by molar-refractivity contribution is 1.05. The van der Waals surface area contributed by atoms with Crippen LogP contribution in [0.5, 0.6) is 0 Å². The molecule has 2 aromatic rings. The smallest absolute Gasteiger partial charge is 0.132 e. The van der Waals surface area contributed by atoms with Gasteiger partial charge in [0, 0.05) is 12.6 Å². The molecule has 0 atom stereocenters. The van der Waals surface area contributed by atoms with Crippen LogP contribution < -0.4 is 5.32 Å². The third kappa shape index (κ3) is 1.85. The number of nitrogens with one attached hydrogen (secondary N) is 1. The quantitative estimate of drug-likeness (QED) is 0.862. The molecule has 4 heteroatoms. The largest absolute Gasteiger partial charge is 0.373 e. The van der Waals surface area contributed by atoms with Crippen LogP contribution in [0.3, 0.4) is 0 Å². The van der Waals surface area contributed by atoms with Crippen molar-refractivity contribution in [2.24, 2.45) is 0 Å². The molecule has 0 unspecified atom stereocenters. The van der Waals surface area contributed by atoms with Crippen molar-refractivity contribution in [1.29, 1.82) is 0 Å². The Hall–Kier alpha value is -1.42. The van der Waals surface area contributed by atoms with Gasteiger partial charge in [0.05, 0.1) is 10.6 Å². The minimum atomic E-state index is 0.927. The molecule has 0 radical (unpaired) electrons. The normalized spacial score (nSPS) is 10.3. The Labute approximate surface area is 93.2 Å². The number of rotatable bonds is 3. The molecule has 3 nitrogen and oxygen atoms in total. The molecule has 0 spiro atoms. The second-order valence-corrected chi connectivity index (χ2v) is 4.08. The second-order valence-electron chi connectivity index (χ2n) is 3.13. The van der Waals surface area contributed by atoms with Crippen molar-refractivity contribution in [3.8, 4) is 10.6 Å². The molecule has 0 saturated heterocycles. The monoisotopic (exact) mass is 219 g/mol. The van der Waals surface area contributed by atoms with E-state index in [1.54, 1.807) is 17.7 Å². The van der Waals surface area contributed by atoms with Crippen LogP contribution in [-0.4, -0.2) is 17.0 Å². The summed E-state index contributed by atoms with van der Waals surface area (Å²) in [6, 6.07) is 4.13. The molecule has 0 saturated carbocycles. The van der Waals surface area contributed by atoms with Gasteiger partial charge in [-0.25, -0.2) is 9.97 Å². The Morgan fingerprint density at radius 1 is 1.40 bits per heavy atom. The molecule has 78 valence electrons. The van der Waals surface area contributed by atoms with Crippen LogP contribution in [0.1, 0.15) is 12.5 Å². The molecule has 2 heterocycles. The SMILES string of the molecule is CCc1c(NC)ncnc1-c1cccs1. The highest BCUT2D eigenvalue weighted by Gasteiger charge is 2.10. The first-order chi connectivity index (χ1) is 7.36. The molecule has 1 N–H and O–H groups in total. The van der Waals surface area contributed by atoms with Crippen molar-refractivity contribution in [3.05, 3.63) is 29.4 Å². The fourth-order valence-electron chi connectivity index (χ4n) is 1.59. The van der Waals surface area contributed by atoms with Crippen LogP contribution in [0.2, 0.25) is 0 Å². The fourth-order valence-corrected chi connectivity index (χ4v) is 2.34. The molecule has 0 fully saturated rings. The van der Waals surface area contributed by atoms with Crippen LogP contribution in [0.25, 0.3) is 10.6 Å². The summed E-state index contributed by atoms with van der Waals surface area (Å²) >= 11 is 1.71. The summed E-state index contributed by atoms with van der Waals surface area (Å²) in [6.07, 6.45) is 2.55. The van der Waals surface area contributed by atoms with Crippen molar-refractivity contribution < 1.29 is 0 Å². The zero-order chi connectivity index (χ0) is 10.7. The molecule has 0 aliphatic carbocycles. The maximum atomic E-state index is 4.36. The van der Waals surface area contributed by atoms with E-state index in [-0.39, 0.29) is 0 Å². The maximum Gasteiger partial charge on any atom is 0.132 e. The van der Waals surface area contributed by atoms with E-state index in [1.165, 1.54) is 10.4 Å². The van der Waals surface area contributed by atoms with Crippen molar-refractivity contribution >= 4 is 17.2 Å². The fraction of sp³-hybridized carbons (Fsp3) is 0.273. The van der Waals surface area contributed by atoms with Gasteiger partial charge in [0.1, 0.15) is 12.1 Å². The number of aromatic nitrogens is 2. The van der Waals surface area contributed by atoms with Crippen LogP contribution in [-0.2, 0) is 6.42 Å². The number of nitrogens with zero attached hydrogens (tertiary/aromatic N) is 2. The number of thiophene rings is 1. The lowest BCUT2D eigenvalue weighted by Crippen LogP contribution is -2.01. The number of anilines is 1. The van der Waals surface area contributed by atoms with Gasteiger partial charge in [-0.2, -0.15) is 0 Å². The first kappa shape index (κ1) is 10.1. The van der Waals surface area contributed by atoms with Gasteiger partial charge in [-0.05, 0) is 17.9 Å². The lowest BCUT2D eigenvalue weighted by atomic mass is 10.1. The third-order valence-electron chi connectivity index (χ3n) is 2.29. The molecule has 15 heavy (non-hydrogen) atoms. The topological polar surface area (TPSA) is 37.8 Å². The van der Waals surface area contributed by atoms with E-state index in [2.05, 4.69) is 33.7 Å². The van der Waals surface area contributed by atoms with Crippen molar-refractivity contribution in [2.75, 3.05) is 12.4 Å². The van der Waals surface area contributed by atoms with Gasteiger partial charge in [0.2, 0.25) is 0 Å². The van der Waals surface area contributed by atoms with Crippen molar-refractivity contribution in [3.63, 3.8) is 0 Å². The summed E-state index contributed by atoms with van der Waals surface area (Å²) in [5.41, 5.74) is 2.23. The predicted molar refractivity (Wildman–Crippen MR) is 64.3 cm³/mol. The highest BCUT2D eigenvalue weighted by molar-refractivity contribution is 7.13. The first-order valence-electron chi connectivity index (χ1n) is 4.92. The minimum absolute atomic E-state index is 0.927. The Morgan fingerprint density at radius 3 is 2.87 bits per heavy atom. The van der Waals surface area contributed by atoms with Gasteiger partial charge in [0.25, 0.3) is 0 Å². The van der Waals surface area contributed by atoms with E-state index >= 15 is 0 Å². The zero-order valence-electron chi connectivity index (χ0n) is 8.82. The third-order valence-corrected chi connectivity index (χ3v) is 3.17.